The van der Waals surface area contributed by atoms with Crippen molar-refractivity contribution in [2.45, 2.75) is 0 Å². The minimum absolute atomic E-state index is 0.113. The molecule has 1 aromatic carbocycles. The van der Waals surface area contributed by atoms with Gasteiger partial charge in [-0.3, -0.25) is 4.79 Å². The lowest BCUT2D eigenvalue weighted by atomic mass is 10.1. The van der Waals surface area contributed by atoms with Gasteiger partial charge in [-0.05, 0) is 18.2 Å². The van der Waals surface area contributed by atoms with E-state index in [1.807, 2.05) is 18.2 Å². The van der Waals surface area contributed by atoms with E-state index in [2.05, 4.69) is 21.2 Å². The minimum atomic E-state index is -0.634. The molecule has 0 unspecified atom stereocenters. The smallest absolute Gasteiger partial charge is 0.267 e. The van der Waals surface area contributed by atoms with Crippen molar-refractivity contribution in [3.63, 3.8) is 0 Å². The summed E-state index contributed by atoms with van der Waals surface area (Å²) in [5.74, 6) is 2.72. The van der Waals surface area contributed by atoms with Gasteiger partial charge in [-0.2, -0.15) is 0 Å². The van der Waals surface area contributed by atoms with Crippen molar-refractivity contribution in [2.75, 3.05) is 19.0 Å². The highest BCUT2D eigenvalue weighted by molar-refractivity contribution is 5.92. The third-order valence-electron chi connectivity index (χ3n) is 2.69. The Morgan fingerprint density at radius 3 is 2.90 bits per heavy atom. The lowest BCUT2D eigenvalue weighted by molar-refractivity contribution is 0.0995. The topological polar surface area (TPSA) is 90.1 Å². The molecule has 2 rings (SSSR count). The lowest BCUT2D eigenvalue weighted by Gasteiger charge is -2.08. The lowest BCUT2D eigenvalue weighted by Crippen LogP contribution is -2.15. The monoisotopic (exact) mass is 282 g/mol. The molecule has 0 saturated heterocycles. The predicted octanol–water partition coefficient (Wildman–Crippen LogP) is 1.30. The average Bonchev–Trinajstić information content (AvgIpc) is 2.52. The van der Waals surface area contributed by atoms with Gasteiger partial charge in [-0.1, -0.05) is 18.1 Å². The Kier molecular flexibility index (Phi) is 4.36. The molecule has 2 aromatic rings. The molecule has 0 aliphatic heterocycles. The van der Waals surface area contributed by atoms with Crippen LogP contribution < -0.4 is 15.8 Å². The fourth-order valence-electron chi connectivity index (χ4n) is 1.71. The number of terminal acetylenes is 1. The number of primary amides is 1. The first-order chi connectivity index (χ1) is 10.1. The molecule has 1 amide bonds. The van der Waals surface area contributed by atoms with E-state index < -0.39 is 5.91 Å². The largest absolute Gasteiger partial charge is 0.497 e. The molecule has 1 heterocycles. The zero-order valence-electron chi connectivity index (χ0n) is 11.5. The fraction of sp³-hybridized carbons (Fsp3) is 0.133. The van der Waals surface area contributed by atoms with E-state index in [1.165, 1.54) is 6.07 Å². The number of anilines is 1. The number of ether oxygens (including phenoxy) is 1. The molecule has 3 N–H and O–H groups in total. The number of amides is 1. The van der Waals surface area contributed by atoms with Crippen molar-refractivity contribution in [1.82, 2.24) is 9.97 Å². The zero-order chi connectivity index (χ0) is 15.2. The number of nitrogens with two attached hydrogens (primary N) is 1. The molecule has 0 fully saturated rings. The first kappa shape index (κ1) is 14.3. The van der Waals surface area contributed by atoms with E-state index in [0.29, 0.717) is 11.4 Å². The van der Waals surface area contributed by atoms with Crippen molar-refractivity contribution in [3.8, 4) is 29.4 Å². The van der Waals surface area contributed by atoms with Crippen LogP contribution in [-0.2, 0) is 0 Å². The Bertz CT molecular complexity index is 707. The summed E-state index contributed by atoms with van der Waals surface area (Å²) in [7, 11) is 1.58. The molecule has 0 spiro atoms. The van der Waals surface area contributed by atoms with E-state index in [0.717, 1.165) is 5.56 Å². The van der Waals surface area contributed by atoms with Gasteiger partial charge in [-0.25, -0.2) is 9.97 Å². The van der Waals surface area contributed by atoms with Crippen molar-refractivity contribution in [3.05, 3.63) is 36.0 Å². The van der Waals surface area contributed by atoms with Gasteiger partial charge < -0.3 is 15.8 Å². The summed E-state index contributed by atoms with van der Waals surface area (Å²) in [5, 5.41) is 2.83. The molecule has 6 nitrogen and oxygen atoms in total. The van der Waals surface area contributed by atoms with Gasteiger partial charge >= 0.3 is 0 Å². The van der Waals surface area contributed by atoms with Crippen molar-refractivity contribution in [2.24, 2.45) is 5.73 Å². The maximum Gasteiger partial charge on any atom is 0.267 e. The number of nitrogens with one attached hydrogen (secondary N) is 1. The van der Waals surface area contributed by atoms with Crippen LogP contribution in [0.5, 0.6) is 5.75 Å². The second kappa shape index (κ2) is 6.39. The van der Waals surface area contributed by atoms with E-state index in [9.17, 15) is 4.79 Å². The molecule has 1 aromatic heterocycles. The van der Waals surface area contributed by atoms with Crippen LogP contribution >= 0.6 is 0 Å². The van der Waals surface area contributed by atoms with Gasteiger partial charge in [0, 0.05) is 5.56 Å². The van der Waals surface area contributed by atoms with E-state index in [4.69, 9.17) is 16.9 Å². The van der Waals surface area contributed by atoms with Gasteiger partial charge in [-0.15, -0.1) is 6.42 Å². The maximum absolute atomic E-state index is 11.4. The number of nitrogens with zero attached hydrogens (tertiary/aromatic N) is 2. The summed E-state index contributed by atoms with van der Waals surface area (Å²) in [6.07, 6.45) is 5.19. The number of benzene rings is 1. The number of hydrogen-bond donors (Lipinski definition) is 2. The van der Waals surface area contributed by atoms with Crippen LogP contribution in [0.3, 0.4) is 0 Å². The number of rotatable bonds is 5. The Morgan fingerprint density at radius 1 is 1.43 bits per heavy atom. The van der Waals surface area contributed by atoms with Gasteiger partial charge in [0.2, 0.25) is 5.95 Å². The van der Waals surface area contributed by atoms with Crippen LogP contribution in [-0.4, -0.2) is 29.5 Å². The number of carbonyl (C=O) groups excluding carboxylic acids is 1. The van der Waals surface area contributed by atoms with Crippen molar-refractivity contribution in [1.29, 1.82) is 0 Å². The van der Waals surface area contributed by atoms with Crippen LogP contribution in [0.4, 0.5) is 5.95 Å². The summed E-state index contributed by atoms with van der Waals surface area (Å²) in [5.41, 5.74) is 6.74. The molecule has 0 aliphatic rings. The third kappa shape index (κ3) is 3.48. The molecule has 0 atom stereocenters. The number of aromatic nitrogens is 2. The molecule has 0 saturated carbocycles. The molecule has 0 aliphatic carbocycles. The summed E-state index contributed by atoms with van der Waals surface area (Å²) in [4.78, 5) is 19.7. The summed E-state index contributed by atoms with van der Waals surface area (Å²) >= 11 is 0. The minimum Gasteiger partial charge on any atom is -0.497 e. The summed E-state index contributed by atoms with van der Waals surface area (Å²) in [6, 6.07) is 8.82. The molecule has 21 heavy (non-hydrogen) atoms. The van der Waals surface area contributed by atoms with Crippen LogP contribution in [0.25, 0.3) is 11.3 Å². The average molecular weight is 282 g/mol. The van der Waals surface area contributed by atoms with Crippen LogP contribution in [0.2, 0.25) is 0 Å². The molecular weight excluding hydrogens is 268 g/mol. The second-order valence-corrected chi connectivity index (χ2v) is 4.12. The van der Waals surface area contributed by atoms with Crippen molar-refractivity contribution >= 4 is 11.9 Å². The number of hydrogen-bond acceptors (Lipinski definition) is 5. The standard InChI is InChI=1S/C15H14N4O2/c1-3-7-17-15-18-12(9-13(19-15)14(16)20)10-5-4-6-11(8-10)21-2/h1,4-6,8-9H,7H2,2H3,(H2,16,20)(H,17,18,19). The van der Waals surface area contributed by atoms with Gasteiger partial charge in [0.1, 0.15) is 11.4 Å². The molecule has 106 valence electrons. The SMILES string of the molecule is C#CCNc1nc(C(N)=O)cc(-c2cccc(OC)c2)n1. The van der Waals surface area contributed by atoms with E-state index >= 15 is 0 Å². The van der Waals surface area contributed by atoms with Gasteiger partial charge in [0.15, 0.2) is 0 Å². The van der Waals surface area contributed by atoms with Crippen LogP contribution in [0.15, 0.2) is 30.3 Å². The Morgan fingerprint density at radius 2 is 2.24 bits per heavy atom. The number of carbonyl (C=O) groups is 1. The van der Waals surface area contributed by atoms with Gasteiger partial charge in [0.25, 0.3) is 5.91 Å². The fourth-order valence-corrected chi connectivity index (χ4v) is 1.71. The van der Waals surface area contributed by atoms with E-state index in [-0.39, 0.29) is 18.2 Å². The Hall–Kier alpha value is -3.07. The molecular formula is C15H14N4O2. The molecule has 6 heteroatoms. The quantitative estimate of drug-likeness (QED) is 0.807. The number of methoxy groups -OCH3 is 1. The first-order valence-corrected chi connectivity index (χ1v) is 6.14. The van der Waals surface area contributed by atoms with Crippen LogP contribution in [0, 0.1) is 12.3 Å². The highest BCUT2D eigenvalue weighted by Crippen LogP contribution is 2.23. The van der Waals surface area contributed by atoms with Gasteiger partial charge in [0.05, 0.1) is 19.3 Å². The highest BCUT2D eigenvalue weighted by Gasteiger charge is 2.10. The zero-order valence-corrected chi connectivity index (χ0v) is 11.5. The Labute approximate surface area is 122 Å². The highest BCUT2D eigenvalue weighted by atomic mass is 16.5. The second-order valence-electron chi connectivity index (χ2n) is 4.12. The van der Waals surface area contributed by atoms with Crippen LogP contribution in [0.1, 0.15) is 10.5 Å². The molecule has 0 radical (unpaired) electrons. The summed E-state index contributed by atoms with van der Waals surface area (Å²) in [6.45, 7) is 0.250. The van der Waals surface area contributed by atoms with Crippen molar-refractivity contribution < 1.29 is 9.53 Å². The third-order valence-corrected chi connectivity index (χ3v) is 2.69. The normalized spacial score (nSPS) is 9.71. The predicted molar refractivity (Wildman–Crippen MR) is 79.9 cm³/mol. The maximum atomic E-state index is 11.4. The Balaban J connectivity index is 2.48. The molecule has 0 bridgehead atoms. The first-order valence-electron chi connectivity index (χ1n) is 6.14. The summed E-state index contributed by atoms with van der Waals surface area (Å²) < 4.78 is 5.17. The van der Waals surface area contributed by atoms with E-state index in [1.54, 1.807) is 13.2 Å².